The van der Waals surface area contributed by atoms with Crippen molar-refractivity contribution in [3.63, 3.8) is 0 Å². The smallest absolute Gasteiger partial charge is 0.314 e. The fourth-order valence-electron chi connectivity index (χ4n) is 5.62. The summed E-state index contributed by atoms with van der Waals surface area (Å²) in [5, 5.41) is 4.24. The third-order valence-electron chi connectivity index (χ3n) is 7.25. The zero-order chi connectivity index (χ0) is 21.1. The maximum Gasteiger partial charge on any atom is 0.314 e. The Morgan fingerprint density at radius 2 is 2.03 bits per heavy atom. The van der Waals surface area contributed by atoms with E-state index in [1.54, 1.807) is 16.9 Å². The second-order valence-corrected chi connectivity index (χ2v) is 8.70. The lowest BCUT2D eigenvalue weighted by Crippen LogP contribution is -2.59. The number of esters is 1. The molecule has 3 fully saturated rings. The molecule has 3 heterocycles. The van der Waals surface area contributed by atoms with Crippen LogP contribution < -0.4 is 0 Å². The van der Waals surface area contributed by atoms with Gasteiger partial charge in [0.05, 0.1) is 25.2 Å². The molecule has 2 saturated heterocycles. The number of nitrogens with zero attached hydrogens (tertiary/aromatic N) is 4. The van der Waals surface area contributed by atoms with Gasteiger partial charge in [-0.3, -0.25) is 19.2 Å². The number of aryl methyl sites for hydroxylation is 1. The maximum atomic E-state index is 13.2. The first-order valence-corrected chi connectivity index (χ1v) is 11.4. The summed E-state index contributed by atoms with van der Waals surface area (Å²) in [6, 6.07) is 2.26. The second kappa shape index (κ2) is 9.06. The number of piperidine rings is 1. The number of rotatable bonds is 5. The summed E-state index contributed by atoms with van der Waals surface area (Å²) in [6.07, 6.45) is 5.23. The molecule has 166 valence electrons. The van der Waals surface area contributed by atoms with Crippen LogP contribution >= 0.6 is 0 Å². The SMILES string of the molecule is CCOC(=O)[C@@]12CC[C@@H](N3CCOCC3)C[C@H]1CCN(C(=O)c1ccnn1CC)C2. The minimum atomic E-state index is -0.593. The molecule has 3 atom stereocenters. The molecule has 0 aromatic carbocycles. The first kappa shape index (κ1) is 21.3. The second-order valence-electron chi connectivity index (χ2n) is 8.70. The Morgan fingerprint density at radius 3 is 2.77 bits per heavy atom. The van der Waals surface area contributed by atoms with Crippen molar-refractivity contribution >= 4 is 11.9 Å². The van der Waals surface area contributed by atoms with Crippen LogP contribution in [0.15, 0.2) is 12.3 Å². The lowest BCUT2D eigenvalue weighted by molar-refractivity contribution is -0.168. The number of fused-ring (bicyclic) bond motifs is 1. The molecule has 2 aliphatic heterocycles. The average molecular weight is 419 g/mol. The summed E-state index contributed by atoms with van der Waals surface area (Å²) < 4.78 is 12.8. The molecule has 0 bridgehead atoms. The molecule has 30 heavy (non-hydrogen) atoms. The van der Waals surface area contributed by atoms with Gasteiger partial charge in [-0.05, 0) is 51.5 Å². The van der Waals surface area contributed by atoms with E-state index in [4.69, 9.17) is 9.47 Å². The van der Waals surface area contributed by atoms with E-state index in [0.717, 1.165) is 52.0 Å². The highest BCUT2D eigenvalue weighted by molar-refractivity contribution is 5.93. The van der Waals surface area contributed by atoms with E-state index in [1.807, 2.05) is 18.7 Å². The van der Waals surface area contributed by atoms with Gasteiger partial charge in [0.15, 0.2) is 0 Å². The number of hydrogen-bond acceptors (Lipinski definition) is 6. The van der Waals surface area contributed by atoms with Crippen LogP contribution in [-0.2, 0) is 20.8 Å². The number of hydrogen-bond donors (Lipinski definition) is 0. The van der Waals surface area contributed by atoms with Crippen molar-refractivity contribution in [2.45, 2.75) is 52.1 Å². The van der Waals surface area contributed by atoms with Crippen LogP contribution in [0.4, 0.5) is 0 Å². The predicted octanol–water partition coefficient (Wildman–Crippen LogP) is 1.80. The van der Waals surface area contributed by atoms with Crippen molar-refractivity contribution in [2.75, 3.05) is 46.0 Å². The van der Waals surface area contributed by atoms with Crippen molar-refractivity contribution in [3.05, 3.63) is 18.0 Å². The van der Waals surface area contributed by atoms with E-state index in [0.29, 0.717) is 38.0 Å². The number of ether oxygens (including phenoxy) is 2. The van der Waals surface area contributed by atoms with Crippen LogP contribution in [0.3, 0.4) is 0 Å². The van der Waals surface area contributed by atoms with Crippen LogP contribution in [0.1, 0.15) is 50.0 Å². The van der Waals surface area contributed by atoms with Crippen LogP contribution in [0.5, 0.6) is 0 Å². The van der Waals surface area contributed by atoms with Gasteiger partial charge in [-0.25, -0.2) is 0 Å². The Balaban J connectivity index is 1.53. The molecule has 3 aliphatic rings. The van der Waals surface area contributed by atoms with Gasteiger partial charge in [-0.15, -0.1) is 0 Å². The van der Waals surface area contributed by atoms with Crippen molar-refractivity contribution in [1.82, 2.24) is 19.6 Å². The van der Waals surface area contributed by atoms with Gasteiger partial charge in [0.1, 0.15) is 5.69 Å². The van der Waals surface area contributed by atoms with Crippen molar-refractivity contribution in [2.24, 2.45) is 11.3 Å². The van der Waals surface area contributed by atoms with Crippen molar-refractivity contribution < 1.29 is 19.1 Å². The van der Waals surface area contributed by atoms with Gasteiger partial charge in [-0.1, -0.05) is 0 Å². The molecule has 1 aliphatic carbocycles. The van der Waals surface area contributed by atoms with Gasteiger partial charge in [0, 0.05) is 45.0 Å². The van der Waals surface area contributed by atoms with Crippen LogP contribution in [0.2, 0.25) is 0 Å². The minimum absolute atomic E-state index is 0.0354. The van der Waals surface area contributed by atoms with E-state index in [2.05, 4.69) is 10.00 Å². The largest absolute Gasteiger partial charge is 0.466 e. The third kappa shape index (κ3) is 3.87. The zero-order valence-corrected chi connectivity index (χ0v) is 18.2. The summed E-state index contributed by atoms with van der Waals surface area (Å²) in [7, 11) is 0. The molecule has 8 nitrogen and oxygen atoms in total. The Labute approximate surface area is 178 Å². The summed E-state index contributed by atoms with van der Waals surface area (Å²) in [4.78, 5) is 30.8. The molecule has 0 unspecified atom stereocenters. The molecule has 8 heteroatoms. The first-order chi connectivity index (χ1) is 14.6. The van der Waals surface area contributed by atoms with Crippen LogP contribution in [0.25, 0.3) is 0 Å². The number of carbonyl (C=O) groups is 2. The highest BCUT2D eigenvalue weighted by Gasteiger charge is 2.54. The standard InChI is InChI=1S/C22H34N4O4/c1-3-26-19(6-9-23-26)20(27)25-10-7-17-15-18(24-11-13-29-14-12-24)5-8-22(17,16-25)21(28)30-4-2/h6,9,17-18H,3-5,7-8,10-16H2,1-2H3/t17-,18-,22-/m1/s1. The molecule has 0 radical (unpaired) electrons. The number of morpholine rings is 1. The highest BCUT2D eigenvalue weighted by Crippen LogP contribution is 2.48. The normalized spacial score (nSPS) is 30.0. The number of aromatic nitrogens is 2. The van der Waals surface area contributed by atoms with Crippen LogP contribution in [0, 0.1) is 11.3 Å². The summed E-state index contributed by atoms with van der Waals surface area (Å²) in [5.74, 6) is 0.0852. The Hall–Kier alpha value is -1.93. The van der Waals surface area contributed by atoms with E-state index < -0.39 is 5.41 Å². The predicted molar refractivity (Wildman–Crippen MR) is 111 cm³/mol. The van der Waals surface area contributed by atoms with Gasteiger partial charge >= 0.3 is 5.97 Å². The summed E-state index contributed by atoms with van der Waals surface area (Å²) >= 11 is 0. The van der Waals surface area contributed by atoms with Crippen LogP contribution in [-0.4, -0.2) is 83.5 Å². The molecular formula is C22H34N4O4. The quantitative estimate of drug-likeness (QED) is 0.679. The fraction of sp³-hybridized carbons (Fsp3) is 0.773. The monoisotopic (exact) mass is 418 g/mol. The third-order valence-corrected chi connectivity index (χ3v) is 7.25. The summed E-state index contributed by atoms with van der Waals surface area (Å²) in [5.41, 5.74) is 0.000930. The van der Waals surface area contributed by atoms with Gasteiger partial charge in [-0.2, -0.15) is 5.10 Å². The Morgan fingerprint density at radius 1 is 1.23 bits per heavy atom. The van der Waals surface area contributed by atoms with Gasteiger partial charge in [0.25, 0.3) is 5.91 Å². The Bertz CT molecular complexity index is 760. The lowest BCUT2D eigenvalue weighted by atomic mass is 9.61. The average Bonchev–Trinajstić information content (AvgIpc) is 3.27. The van der Waals surface area contributed by atoms with E-state index in [1.165, 1.54) is 0 Å². The van der Waals surface area contributed by atoms with E-state index in [9.17, 15) is 9.59 Å². The van der Waals surface area contributed by atoms with E-state index >= 15 is 0 Å². The van der Waals surface area contributed by atoms with Gasteiger partial charge in [0.2, 0.25) is 0 Å². The lowest BCUT2D eigenvalue weighted by Gasteiger charge is -2.52. The molecule has 0 N–H and O–H groups in total. The highest BCUT2D eigenvalue weighted by atomic mass is 16.5. The topological polar surface area (TPSA) is 76.9 Å². The van der Waals surface area contributed by atoms with Gasteiger partial charge < -0.3 is 14.4 Å². The first-order valence-electron chi connectivity index (χ1n) is 11.4. The number of amides is 1. The van der Waals surface area contributed by atoms with Crippen molar-refractivity contribution in [3.8, 4) is 0 Å². The molecule has 1 aromatic heterocycles. The summed E-state index contributed by atoms with van der Waals surface area (Å²) in [6.45, 7) is 9.48. The minimum Gasteiger partial charge on any atom is -0.466 e. The number of carbonyl (C=O) groups excluding carboxylic acids is 2. The zero-order valence-electron chi connectivity index (χ0n) is 18.2. The molecule has 0 spiro atoms. The Kier molecular flexibility index (Phi) is 6.43. The van der Waals surface area contributed by atoms with Crippen molar-refractivity contribution in [1.29, 1.82) is 0 Å². The molecular weight excluding hydrogens is 384 g/mol. The van der Waals surface area contributed by atoms with E-state index in [-0.39, 0.29) is 17.8 Å². The molecule has 1 saturated carbocycles. The maximum absolute atomic E-state index is 13.2. The number of likely N-dealkylation sites (tertiary alicyclic amines) is 1. The molecule has 1 aromatic rings. The fourth-order valence-corrected chi connectivity index (χ4v) is 5.62. The molecule has 1 amide bonds. The molecule has 4 rings (SSSR count).